The number of nitrogens with zero attached hydrogens (tertiary/aromatic N) is 3. The quantitative estimate of drug-likeness (QED) is 0.813. The van der Waals surface area contributed by atoms with Crippen molar-refractivity contribution in [3.05, 3.63) is 30.5 Å². The SMILES string of the molecule is C[n+]1c2ccccc2cn1[C@@H]1CN(C(=O)OC(C)(C)C)C[C@@H]1O. The van der Waals surface area contributed by atoms with Crippen molar-refractivity contribution >= 4 is 17.0 Å². The maximum absolute atomic E-state index is 12.2. The van der Waals surface area contributed by atoms with E-state index in [0.717, 1.165) is 10.9 Å². The van der Waals surface area contributed by atoms with Crippen LogP contribution in [0.5, 0.6) is 0 Å². The van der Waals surface area contributed by atoms with Crippen LogP contribution >= 0.6 is 0 Å². The van der Waals surface area contributed by atoms with Gasteiger partial charge >= 0.3 is 6.09 Å². The summed E-state index contributed by atoms with van der Waals surface area (Å²) in [5.74, 6) is 0. The van der Waals surface area contributed by atoms with Gasteiger partial charge in [0.1, 0.15) is 11.6 Å². The average molecular weight is 318 g/mol. The second-order valence-electron chi connectivity index (χ2n) is 7.11. The molecule has 23 heavy (non-hydrogen) atoms. The number of rotatable bonds is 1. The second-order valence-corrected chi connectivity index (χ2v) is 7.11. The summed E-state index contributed by atoms with van der Waals surface area (Å²) >= 11 is 0. The van der Waals surface area contributed by atoms with Crippen LogP contribution in [-0.4, -0.2) is 45.6 Å². The maximum atomic E-state index is 12.2. The first-order valence-electron chi connectivity index (χ1n) is 7.88. The molecule has 6 heteroatoms. The highest BCUT2D eigenvalue weighted by molar-refractivity contribution is 5.74. The van der Waals surface area contributed by atoms with E-state index in [4.69, 9.17) is 4.74 Å². The number of fused-ring (bicyclic) bond motifs is 1. The van der Waals surface area contributed by atoms with Gasteiger partial charge < -0.3 is 14.7 Å². The Morgan fingerprint density at radius 1 is 1.30 bits per heavy atom. The number of aliphatic hydroxyl groups is 1. The van der Waals surface area contributed by atoms with Crippen LogP contribution in [0, 0.1) is 0 Å². The van der Waals surface area contributed by atoms with Crippen molar-refractivity contribution in [2.75, 3.05) is 13.1 Å². The smallest absolute Gasteiger partial charge is 0.410 e. The number of carbonyl (C=O) groups is 1. The Hall–Kier alpha value is -2.08. The monoisotopic (exact) mass is 318 g/mol. The Bertz CT molecular complexity index is 732. The minimum atomic E-state index is -0.615. The number of para-hydroxylation sites is 1. The van der Waals surface area contributed by atoms with Crippen LogP contribution < -0.4 is 4.68 Å². The molecule has 1 aliphatic rings. The summed E-state index contributed by atoms with van der Waals surface area (Å²) in [7, 11) is 1.96. The number of hydrogen-bond donors (Lipinski definition) is 1. The van der Waals surface area contributed by atoms with Crippen molar-refractivity contribution in [2.24, 2.45) is 7.05 Å². The van der Waals surface area contributed by atoms with Gasteiger partial charge in [0.05, 0.1) is 30.8 Å². The van der Waals surface area contributed by atoms with Crippen LogP contribution in [0.1, 0.15) is 26.8 Å². The lowest BCUT2D eigenvalue weighted by Crippen LogP contribution is -2.44. The van der Waals surface area contributed by atoms with Crippen molar-refractivity contribution in [1.82, 2.24) is 9.58 Å². The number of likely N-dealkylation sites (tertiary alicyclic amines) is 1. The highest BCUT2D eigenvalue weighted by Crippen LogP contribution is 2.24. The number of benzene rings is 1. The van der Waals surface area contributed by atoms with E-state index in [1.54, 1.807) is 4.90 Å². The summed E-state index contributed by atoms with van der Waals surface area (Å²) in [4.78, 5) is 13.8. The zero-order valence-corrected chi connectivity index (χ0v) is 14.1. The molecule has 3 rings (SSSR count). The lowest BCUT2D eigenvalue weighted by Gasteiger charge is -2.24. The lowest BCUT2D eigenvalue weighted by molar-refractivity contribution is -0.733. The van der Waals surface area contributed by atoms with Crippen molar-refractivity contribution in [2.45, 2.75) is 38.5 Å². The van der Waals surface area contributed by atoms with E-state index in [9.17, 15) is 9.90 Å². The number of aliphatic hydroxyl groups excluding tert-OH is 1. The fraction of sp³-hybridized carbons (Fsp3) is 0.529. The minimum Gasteiger partial charge on any atom is -0.444 e. The third-order valence-corrected chi connectivity index (χ3v) is 4.15. The topological polar surface area (TPSA) is 58.6 Å². The van der Waals surface area contributed by atoms with E-state index in [-0.39, 0.29) is 18.7 Å². The van der Waals surface area contributed by atoms with E-state index in [2.05, 4.69) is 0 Å². The Morgan fingerprint density at radius 2 is 2.00 bits per heavy atom. The molecule has 1 aromatic carbocycles. The summed E-state index contributed by atoms with van der Waals surface area (Å²) in [6.07, 6.45) is 1.02. The standard InChI is InChI=1S/C17H24N3O3/c1-17(2,3)23-16(22)19-10-14(15(21)11-19)20-9-12-7-5-6-8-13(12)18(20)4/h5-9,14-15,21H,10-11H2,1-4H3/q+1/t14-,15+/m1/s1. The first-order valence-corrected chi connectivity index (χ1v) is 7.88. The molecule has 1 aliphatic heterocycles. The van der Waals surface area contributed by atoms with E-state index in [1.165, 1.54) is 0 Å². The van der Waals surface area contributed by atoms with Gasteiger partial charge in [-0.15, -0.1) is 4.68 Å². The predicted octanol–water partition coefficient (Wildman–Crippen LogP) is 1.62. The molecule has 0 bridgehead atoms. The van der Waals surface area contributed by atoms with Crippen molar-refractivity contribution < 1.29 is 19.3 Å². The summed E-state index contributed by atoms with van der Waals surface area (Å²) < 4.78 is 9.42. The molecule has 2 aromatic rings. The zero-order valence-electron chi connectivity index (χ0n) is 14.1. The number of hydrogen-bond acceptors (Lipinski definition) is 3. The first-order chi connectivity index (χ1) is 10.8. The Kier molecular flexibility index (Phi) is 3.80. The van der Waals surface area contributed by atoms with Gasteiger partial charge in [0, 0.05) is 6.07 Å². The normalized spacial score (nSPS) is 21.9. The molecular weight excluding hydrogens is 294 g/mol. The summed E-state index contributed by atoms with van der Waals surface area (Å²) in [5, 5.41) is 11.5. The van der Waals surface area contributed by atoms with Crippen LogP contribution in [0.4, 0.5) is 4.79 Å². The fourth-order valence-corrected chi connectivity index (χ4v) is 3.07. The molecule has 124 valence electrons. The van der Waals surface area contributed by atoms with Crippen LogP contribution in [-0.2, 0) is 11.8 Å². The van der Waals surface area contributed by atoms with Gasteiger partial charge in [0.25, 0.3) is 0 Å². The zero-order chi connectivity index (χ0) is 16.8. The predicted molar refractivity (Wildman–Crippen MR) is 86.0 cm³/mol. The molecule has 2 atom stereocenters. The van der Waals surface area contributed by atoms with E-state index >= 15 is 0 Å². The molecular formula is C17H24N3O3+. The van der Waals surface area contributed by atoms with Gasteiger partial charge in [0.15, 0.2) is 7.05 Å². The van der Waals surface area contributed by atoms with Gasteiger partial charge in [-0.05, 0) is 26.8 Å². The van der Waals surface area contributed by atoms with Crippen molar-refractivity contribution in [1.29, 1.82) is 0 Å². The highest BCUT2D eigenvalue weighted by atomic mass is 16.6. The number of aryl methyl sites for hydroxylation is 1. The van der Waals surface area contributed by atoms with Gasteiger partial charge in [-0.2, -0.15) is 4.68 Å². The Morgan fingerprint density at radius 3 is 2.65 bits per heavy atom. The first kappa shape index (κ1) is 15.8. The largest absolute Gasteiger partial charge is 0.444 e. The van der Waals surface area contributed by atoms with Gasteiger partial charge in [-0.3, -0.25) is 0 Å². The molecule has 0 saturated carbocycles. The van der Waals surface area contributed by atoms with E-state index in [1.807, 2.05) is 67.6 Å². The third-order valence-electron chi connectivity index (χ3n) is 4.15. The Labute approximate surface area is 135 Å². The maximum Gasteiger partial charge on any atom is 0.410 e. The number of aromatic nitrogens is 2. The molecule has 6 nitrogen and oxygen atoms in total. The number of ether oxygens (including phenoxy) is 1. The van der Waals surface area contributed by atoms with Crippen LogP contribution in [0.15, 0.2) is 30.5 Å². The molecule has 1 N–H and O–H groups in total. The second kappa shape index (κ2) is 5.53. The summed E-state index contributed by atoms with van der Waals surface area (Å²) in [6, 6.07) is 7.88. The molecule has 0 spiro atoms. The van der Waals surface area contributed by atoms with Gasteiger partial charge in [-0.25, -0.2) is 4.79 Å². The lowest BCUT2D eigenvalue weighted by atomic mass is 10.2. The number of amides is 1. The van der Waals surface area contributed by atoms with Gasteiger partial charge in [-0.1, -0.05) is 12.1 Å². The van der Waals surface area contributed by atoms with Crippen LogP contribution in [0.25, 0.3) is 10.9 Å². The van der Waals surface area contributed by atoms with E-state index in [0.29, 0.717) is 6.54 Å². The summed E-state index contributed by atoms with van der Waals surface area (Å²) in [5.41, 5.74) is 0.558. The van der Waals surface area contributed by atoms with Gasteiger partial charge in [0.2, 0.25) is 5.52 Å². The van der Waals surface area contributed by atoms with E-state index < -0.39 is 11.7 Å². The number of carbonyl (C=O) groups excluding carboxylic acids is 1. The number of β-amino-alcohol motifs (C(OH)–C–C–N with tert-alkyl or cyclic N) is 1. The molecule has 1 saturated heterocycles. The van der Waals surface area contributed by atoms with Crippen LogP contribution in [0.2, 0.25) is 0 Å². The third kappa shape index (κ3) is 3.03. The summed E-state index contributed by atoms with van der Waals surface area (Å²) in [6.45, 7) is 6.24. The Balaban J connectivity index is 1.83. The molecule has 1 aromatic heterocycles. The average Bonchev–Trinajstić information content (AvgIpc) is 2.99. The van der Waals surface area contributed by atoms with Crippen molar-refractivity contribution in [3.63, 3.8) is 0 Å². The molecule has 1 amide bonds. The molecule has 2 heterocycles. The van der Waals surface area contributed by atoms with Crippen molar-refractivity contribution in [3.8, 4) is 0 Å². The molecule has 0 unspecified atom stereocenters. The minimum absolute atomic E-state index is 0.181. The molecule has 0 radical (unpaired) electrons. The fourth-order valence-electron chi connectivity index (χ4n) is 3.07. The van der Waals surface area contributed by atoms with Crippen LogP contribution in [0.3, 0.4) is 0 Å². The molecule has 1 fully saturated rings. The highest BCUT2D eigenvalue weighted by Gasteiger charge is 2.40. The molecule has 0 aliphatic carbocycles.